The van der Waals surface area contributed by atoms with Crippen LogP contribution in [0.15, 0.2) is 0 Å². The number of hydrogen-bond donors (Lipinski definition) is 0. The second-order valence-corrected chi connectivity index (χ2v) is 10.6. The fraction of sp³-hybridized carbons (Fsp3) is 1.00. The van der Waals surface area contributed by atoms with E-state index in [2.05, 4.69) is 20.8 Å². The number of rotatable bonds is 10. The van der Waals surface area contributed by atoms with E-state index in [1.807, 2.05) is 21.0 Å². The van der Waals surface area contributed by atoms with Crippen molar-refractivity contribution in [3.63, 3.8) is 0 Å². The predicted octanol–water partition coefficient (Wildman–Crippen LogP) is 2.65. The molecule has 5 heteroatoms. The van der Waals surface area contributed by atoms with Crippen LogP contribution in [0.2, 0.25) is 0 Å². The van der Waals surface area contributed by atoms with E-state index in [4.69, 9.17) is 9.47 Å². The summed E-state index contributed by atoms with van der Waals surface area (Å²) in [7, 11) is 3.15. The third kappa shape index (κ3) is 9.39. The highest BCUT2D eigenvalue weighted by Crippen LogP contribution is 2.25. The van der Waals surface area contributed by atoms with Gasteiger partial charge in [-0.1, -0.05) is 6.92 Å². The van der Waals surface area contributed by atoms with E-state index in [-0.39, 0.29) is 0 Å². The van der Waals surface area contributed by atoms with Crippen LogP contribution in [-0.4, -0.2) is 39.4 Å². The summed E-state index contributed by atoms with van der Waals surface area (Å²) in [5.74, 6) is 1.24. The highest BCUT2D eigenvalue weighted by molar-refractivity contribution is 8.86. The first-order valence-corrected chi connectivity index (χ1v) is 10.7. The molecule has 86 valence electrons. The van der Waals surface area contributed by atoms with Gasteiger partial charge in [0.15, 0.2) is 7.95 Å². The van der Waals surface area contributed by atoms with Crippen LogP contribution >= 0.6 is 21.0 Å². The molecule has 0 aromatic heterocycles. The Morgan fingerprint density at radius 3 is 2.00 bits per heavy atom. The Balaban J connectivity index is 3.49. The molecule has 0 saturated carbocycles. The third-order valence-corrected chi connectivity index (χ3v) is 9.92. The van der Waals surface area contributed by atoms with E-state index >= 15 is 0 Å². The molecule has 0 aromatic rings. The van der Waals surface area contributed by atoms with Crippen LogP contribution in [0.1, 0.15) is 27.2 Å². The Kier molecular flexibility index (Phi) is 12.6. The molecule has 0 fully saturated rings. The summed E-state index contributed by atoms with van der Waals surface area (Å²) in [6.45, 7) is 7.98. The van der Waals surface area contributed by atoms with Crippen molar-refractivity contribution in [3.05, 3.63) is 0 Å². The van der Waals surface area contributed by atoms with Gasteiger partial charge in [-0.2, -0.15) is 0 Å². The maximum Gasteiger partial charge on any atom is 0.170 e. The lowest BCUT2D eigenvalue weighted by molar-refractivity contribution is 0.170. The van der Waals surface area contributed by atoms with E-state index in [9.17, 15) is 0 Å². The predicted molar refractivity (Wildman–Crippen MR) is 70.5 cm³/mol. The van der Waals surface area contributed by atoms with Crippen LogP contribution in [-0.2, 0) is 9.47 Å². The van der Waals surface area contributed by atoms with Crippen molar-refractivity contribution in [2.45, 2.75) is 27.2 Å². The van der Waals surface area contributed by atoms with Crippen molar-refractivity contribution in [2.24, 2.45) is 0 Å². The van der Waals surface area contributed by atoms with Gasteiger partial charge in [0.25, 0.3) is 0 Å². The Bertz CT molecular complexity index is 109. The van der Waals surface area contributed by atoms with Gasteiger partial charge in [-0.3, -0.25) is 0 Å². The zero-order valence-electron chi connectivity index (χ0n) is 9.45. The first-order chi connectivity index (χ1) is 6.85. The minimum atomic E-state index is -0.865. The van der Waals surface area contributed by atoms with Gasteiger partial charge < -0.3 is 9.47 Å². The van der Waals surface area contributed by atoms with Gasteiger partial charge in [0.2, 0.25) is 0 Å². The summed E-state index contributed by atoms with van der Waals surface area (Å²) >= 11 is 0. The normalized spacial score (nSPS) is 11.1. The van der Waals surface area contributed by atoms with E-state index < -0.39 is 7.95 Å². The van der Waals surface area contributed by atoms with Crippen LogP contribution in [0, 0.1) is 0 Å². The molecule has 0 bridgehead atoms. The molecule has 0 atom stereocenters. The average Bonchev–Trinajstić information content (AvgIpc) is 2.21. The fourth-order valence-electron chi connectivity index (χ4n) is 0.830. The van der Waals surface area contributed by atoms with Crippen LogP contribution in [0.3, 0.4) is 0 Å². The fourth-order valence-corrected chi connectivity index (χ4v) is 8.36. The molecular weight excluding hydrogens is 232 g/mol. The summed E-state index contributed by atoms with van der Waals surface area (Å²) < 4.78 is 10.9. The highest BCUT2D eigenvalue weighted by atomic mass is 33.2. The molecule has 14 heavy (non-hydrogen) atoms. The van der Waals surface area contributed by atoms with Gasteiger partial charge in [-0.25, -0.2) is 0 Å². The largest absolute Gasteiger partial charge is 0.384 e. The monoisotopic (exact) mass is 254 g/mol. The van der Waals surface area contributed by atoms with E-state index in [0.717, 1.165) is 25.7 Å². The van der Waals surface area contributed by atoms with Crippen molar-refractivity contribution < 1.29 is 9.47 Å². The Morgan fingerprint density at radius 2 is 1.57 bits per heavy atom. The zero-order chi connectivity index (χ0) is 10.6. The van der Waals surface area contributed by atoms with E-state index in [1.54, 1.807) is 0 Å². The molecule has 0 heterocycles. The summed E-state index contributed by atoms with van der Waals surface area (Å²) in [6.07, 6.45) is 3.14. The molecule has 0 amide bonds. The average molecular weight is 254 g/mol. The van der Waals surface area contributed by atoms with Crippen LogP contribution in [0.25, 0.3) is 0 Å². The molecule has 0 unspecified atom stereocenters. The molecule has 0 aliphatic heterocycles. The topological polar surface area (TPSA) is 18.5 Å². The van der Waals surface area contributed by atoms with Crippen molar-refractivity contribution in [1.29, 1.82) is 0 Å². The lowest BCUT2D eigenvalue weighted by atomic mass is 10.6. The van der Waals surface area contributed by atoms with Gasteiger partial charge in [-0.05, 0) is 20.3 Å². The van der Waals surface area contributed by atoms with Gasteiger partial charge >= 0.3 is 0 Å². The quantitative estimate of drug-likeness (QED) is 0.339. The van der Waals surface area contributed by atoms with Crippen molar-refractivity contribution in [1.82, 2.24) is 0 Å². The van der Waals surface area contributed by atoms with E-state index in [0.29, 0.717) is 0 Å². The van der Waals surface area contributed by atoms with Gasteiger partial charge in [0.1, 0.15) is 0 Å². The van der Waals surface area contributed by atoms with Crippen LogP contribution in [0.4, 0.5) is 0 Å². The van der Waals surface area contributed by atoms with Crippen molar-refractivity contribution >= 4 is 29.0 Å². The summed E-state index contributed by atoms with van der Waals surface area (Å²) in [5.41, 5.74) is 0. The summed E-state index contributed by atoms with van der Waals surface area (Å²) in [6, 6.07) is 0. The summed E-state index contributed by atoms with van der Waals surface area (Å²) in [5, 5.41) is 0. The maximum absolute atomic E-state index is 5.47. The standard InChI is InChI=1S/C9H22O2S2Si/c1-4-7-12-13-14(8-10-5-2)9-11-6-3/h14H,4-9H2,1-3H3. The molecular formula is C9H22O2S2Si. The molecule has 0 radical (unpaired) electrons. The van der Waals surface area contributed by atoms with Gasteiger partial charge in [-0.15, -0.1) is 21.0 Å². The van der Waals surface area contributed by atoms with Gasteiger partial charge in [0, 0.05) is 31.4 Å². The first kappa shape index (κ1) is 14.8. The van der Waals surface area contributed by atoms with Gasteiger partial charge in [0.05, 0.1) is 0 Å². The molecule has 2 nitrogen and oxygen atoms in total. The van der Waals surface area contributed by atoms with Crippen molar-refractivity contribution in [2.75, 3.05) is 31.4 Å². The molecule has 0 aromatic carbocycles. The molecule has 0 spiro atoms. The van der Waals surface area contributed by atoms with Crippen molar-refractivity contribution in [3.8, 4) is 0 Å². The molecule has 0 N–H and O–H groups in total. The highest BCUT2D eigenvalue weighted by Gasteiger charge is 2.12. The lowest BCUT2D eigenvalue weighted by Gasteiger charge is -2.13. The minimum absolute atomic E-state index is 0.828. The zero-order valence-corrected chi connectivity index (χ0v) is 12.2. The molecule has 0 aliphatic rings. The Labute approximate surface area is 97.2 Å². The Morgan fingerprint density at radius 1 is 1.00 bits per heavy atom. The lowest BCUT2D eigenvalue weighted by Crippen LogP contribution is -2.23. The first-order valence-electron chi connectivity index (χ1n) is 5.28. The third-order valence-electron chi connectivity index (χ3n) is 1.51. The smallest absolute Gasteiger partial charge is 0.170 e. The summed E-state index contributed by atoms with van der Waals surface area (Å²) in [4.78, 5) is 0. The van der Waals surface area contributed by atoms with Crippen LogP contribution < -0.4 is 0 Å². The maximum atomic E-state index is 5.47. The van der Waals surface area contributed by atoms with E-state index in [1.165, 1.54) is 12.2 Å². The molecule has 0 saturated heterocycles. The minimum Gasteiger partial charge on any atom is -0.384 e. The van der Waals surface area contributed by atoms with Crippen LogP contribution in [0.5, 0.6) is 0 Å². The second kappa shape index (κ2) is 11.9. The molecule has 0 aliphatic carbocycles. The molecule has 0 rings (SSSR count). The second-order valence-electron chi connectivity index (χ2n) is 2.86. The number of hydrogen-bond acceptors (Lipinski definition) is 4. The SMILES string of the molecule is CCCSS[SiH](COCC)COCC. The Hall–Kier alpha value is 0.837. The number of ether oxygens (including phenoxy) is 2.